The Bertz CT molecular complexity index is 1900. The van der Waals surface area contributed by atoms with Crippen molar-refractivity contribution in [3.05, 3.63) is 93.5 Å². The SMILES string of the molecule is CC1=C(C2CC2)C2=NC(c3c(C)nc(NCc4ccc(OC(F)(F)F)cc4)nc3NC3CC(C(=O)Nc4ccccc4)C(O)C3O)S/C2=C/CCC1. The lowest BCUT2D eigenvalue weighted by Gasteiger charge is -2.23. The molecule has 3 aromatic rings. The van der Waals surface area contributed by atoms with Gasteiger partial charge in [-0.3, -0.25) is 9.79 Å². The summed E-state index contributed by atoms with van der Waals surface area (Å²) >= 11 is 1.65. The van der Waals surface area contributed by atoms with E-state index in [2.05, 4.69) is 33.7 Å². The fourth-order valence-corrected chi connectivity index (χ4v) is 8.42. The van der Waals surface area contributed by atoms with Crippen molar-refractivity contribution in [2.45, 2.75) is 88.9 Å². The summed E-state index contributed by atoms with van der Waals surface area (Å²) in [7, 11) is 0. The van der Waals surface area contributed by atoms with Gasteiger partial charge in [-0.25, -0.2) is 4.98 Å². The van der Waals surface area contributed by atoms with Crippen LogP contribution in [0.15, 0.2) is 81.7 Å². The predicted molar refractivity (Wildman–Crippen MR) is 195 cm³/mol. The van der Waals surface area contributed by atoms with Crippen molar-refractivity contribution < 1.29 is 32.9 Å². The number of fused-ring (bicyclic) bond motifs is 1. The number of aliphatic imine (C=N–C) groups is 1. The van der Waals surface area contributed by atoms with Crippen molar-refractivity contribution in [2.75, 3.05) is 16.0 Å². The highest BCUT2D eigenvalue weighted by Gasteiger charge is 2.46. The number of nitrogens with zero attached hydrogens (tertiary/aromatic N) is 3. The molecule has 3 aliphatic carbocycles. The number of carbonyl (C=O) groups excluding carboxylic acids is 1. The van der Waals surface area contributed by atoms with Gasteiger partial charge in [-0.05, 0) is 93.7 Å². The number of amides is 1. The molecule has 0 bridgehead atoms. The van der Waals surface area contributed by atoms with Crippen LogP contribution >= 0.6 is 11.8 Å². The molecule has 5 atom stereocenters. The molecule has 0 spiro atoms. The minimum atomic E-state index is -4.78. The van der Waals surface area contributed by atoms with Crippen molar-refractivity contribution in [2.24, 2.45) is 16.8 Å². The molecular formula is C38H41F3N6O4S. The molecular weight excluding hydrogens is 694 g/mol. The van der Waals surface area contributed by atoms with E-state index in [9.17, 15) is 28.2 Å². The summed E-state index contributed by atoms with van der Waals surface area (Å²) in [6.07, 6.45) is 0.436. The Hall–Kier alpha value is -4.40. The monoisotopic (exact) mass is 734 g/mol. The van der Waals surface area contributed by atoms with Crippen LogP contribution in [0.2, 0.25) is 0 Å². The number of aliphatic hydroxyl groups is 2. The predicted octanol–water partition coefficient (Wildman–Crippen LogP) is 7.44. The van der Waals surface area contributed by atoms with Crippen molar-refractivity contribution in [1.29, 1.82) is 0 Å². The first-order valence-electron chi connectivity index (χ1n) is 17.5. The fourth-order valence-electron chi connectivity index (χ4n) is 7.13. The molecule has 2 fully saturated rings. The number of ether oxygens (including phenoxy) is 1. The second-order valence-corrected chi connectivity index (χ2v) is 14.9. The molecule has 1 amide bonds. The highest BCUT2D eigenvalue weighted by molar-refractivity contribution is 8.04. The van der Waals surface area contributed by atoms with Gasteiger partial charge in [0, 0.05) is 17.1 Å². The Morgan fingerprint density at radius 2 is 1.77 bits per heavy atom. The molecule has 0 radical (unpaired) electrons. The summed E-state index contributed by atoms with van der Waals surface area (Å²) in [6.45, 7) is 4.29. The number of allylic oxidation sites excluding steroid dienone is 4. The number of thioether (sulfide) groups is 1. The molecule has 1 aliphatic heterocycles. The third kappa shape index (κ3) is 8.13. The van der Waals surface area contributed by atoms with Crippen molar-refractivity contribution in [1.82, 2.24) is 9.97 Å². The molecule has 0 saturated heterocycles. The zero-order chi connectivity index (χ0) is 36.6. The van der Waals surface area contributed by atoms with E-state index in [1.165, 1.54) is 35.4 Å². The summed E-state index contributed by atoms with van der Waals surface area (Å²) in [5, 5.41) is 31.3. The third-order valence-electron chi connectivity index (χ3n) is 9.88. The molecule has 274 valence electrons. The van der Waals surface area contributed by atoms with Gasteiger partial charge in [0.15, 0.2) is 0 Å². The van der Waals surface area contributed by atoms with Crippen molar-refractivity contribution >= 4 is 40.8 Å². The third-order valence-corrected chi connectivity index (χ3v) is 11.1. The Labute approximate surface area is 304 Å². The van der Waals surface area contributed by atoms with Crippen LogP contribution in [-0.2, 0) is 11.3 Å². The molecule has 2 saturated carbocycles. The molecule has 52 heavy (non-hydrogen) atoms. The Balaban J connectivity index is 1.18. The average molecular weight is 735 g/mol. The summed E-state index contributed by atoms with van der Waals surface area (Å²) < 4.78 is 41.9. The van der Waals surface area contributed by atoms with Gasteiger partial charge in [0.25, 0.3) is 0 Å². The van der Waals surface area contributed by atoms with Crippen LogP contribution in [0, 0.1) is 18.8 Å². The van der Waals surface area contributed by atoms with Crippen LogP contribution in [0.3, 0.4) is 0 Å². The topological polar surface area (TPSA) is 141 Å². The number of rotatable bonds is 10. The second kappa shape index (κ2) is 14.9. The van der Waals surface area contributed by atoms with E-state index in [0.717, 1.165) is 48.3 Å². The molecule has 2 heterocycles. The number of aliphatic hydroxyl groups excluding tert-OH is 2. The zero-order valence-electron chi connectivity index (χ0n) is 28.8. The van der Waals surface area contributed by atoms with E-state index in [1.807, 2.05) is 13.0 Å². The number of hydrogen-bond donors (Lipinski definition) is 5. The first-order chi connectivity index (χ1) is 24.9. The Morgan fingerprint density at radius 1 is 1.02 bits per heavy atom. The molecule has 1 aromatic heterocycles. The normalized spacial score (nSPS) is 25.7. The fraction of sp³-hybridized carbons (Fsp3) is 0.421. The van der Waals surface area contributed by atoms with E-state index in [0.29, 0.717) is 28.7 Å². The number of carbonyl (C=O) groups is 1. The highest BCUT2D eigenvalue weighted by atomic mass is 32.2. The quantitative estimate of drug-likeness (QED) is 0.144. The number of aromatic nitrogens is 2. The molecule has 4 aliphatic rings. The maximum atomic E-state index is 13.2. The van der Waals surface area contributed by atoms with Crippen molar-refractivity contribution in [3.8, 4) is 5.75 Å². The minimum Gasteiger partial charge on any atom is -0.406 e. The van der Waals surface area contributed by atoms with Crippen LogP contribution in [-0.4, -0.2) is 56.4 Å². The number of alkyl halides is 3. The van der Waals surface area contributed by atoms with Crippen LogP contribution in [0.4, 0.5) is 30.6 Å². The lowest BCUT2D eigenvalue weighted by Crippen LogP contribution is -2.37. The van der Waals surface area contributed by atoms with E-state index < -0.39 is 36.4 Å². The van der Waals surface area contributed by atoms with Gasteiger partial charge >= 0.3 is 6.36 Å². The molecule has 5 unspecified atom stereocenters. The zero-order valence-corrected chi connectivity index (χ0v) is 29.6. The van der Waals surface area contributed by atoms with Gasteiger partial charge in [-0.2, -0.15) is 4.98 Å². The summed E-state index contributed by atoms with van der Waals surface area (Å²) in [6, 6.07) is 13.7. The van der Waals surface area contributed by atoms with Gasteiger partial charge < -0.3 is 30.9 Å². The first kappa shape index (κ1) is 36.0. The standard InChI is InChI=1S/C38H41F3N6O4S/c1-20-8-6-7-11-28-31(29(20)23-14-15-23)46-36(52-28)30-21(2)43-37(42-19-22-12-16-25(17-13-22)51-38(39,40)41)47-34(30)45-27-18-26(32(48)33(27)49)35(50)44-24-9-4-3-5-10-24/h3-5,9-13,16-17,23,26-27,32-33,36,48-49H,6-8,14-15,18-19H2,1-2H3,(H,44,50)(H2,42,43,45,47)/b28-11+,29-20?. The van der Waals surface area contributed by atoms with Crippen LogP contribution < -0.4 is 20.7 Å². The van der Waals surface area contributed by atoms with E-state index in [-0.39, 0.29) is 30.0 Å². The van der Waals surface area contributed by atoms with Crippen LogP contribution in [0.5, 0.6) is 5.75 Å². The van der Waals surface area contributed by atoms with Crippen LogP contribution in [0.1, 0.15) is 67.6 Å². The van der Waals surface area contributed by atoms with Gasteiger partial charge in [-0.1, -0.05) is 53.7 Å². The van der Waals surface area contributed by atoms with Gasteiger partial charge in [-0.15, -0.1) is 13.2 Å². The number of hydrogen-bond acceptors (Lipinski definition) is 10. The molecule has 5 N–H and O–H groups in total. The van der Waals surface area contributed by atoms with E-state index >= 15 is 0 Å². The van der Waals surface area contributed by atoms with Gasteiger partial charge in [0.2, 0.25) is 11.9 Å². The van der Waals surface area contributed by atoms with E-state index in [4.69, 9.17) is 15.0 Å². The van der Waals surface area contributed by atoms with Gasteiger partial charge in [0.05, 0.1) is 35.0 Å². The summed E-state index contributed by atoms with van der Waals surface area (Å²) in [5.74, 6) is -0.414. The molecule has 2 aromatic carbocycles. The molecule has 14 heteroatoms. The second-order valence-electron chi connectivity index (χ2n) is 13.7. The lowest BCUT2D eigenvalue weighted by atomic mass is 9.93. The maximum absolute atomic E-state index is 13.2. The average Bonchev–Trinajstić information content (AvgIpc) is 3.79. The Kier molecular flexibility index (Phi) is 10.3. The number of anilines is 3. The number of nitrogens with one attached hydrogen (secondary N) is 3. The van der Waals surface area contributed by atoms with Gasteiger partial charge in [0.1, 0.15) is 23.0 Å². The summed E-state index contributed by atoms with van der Waals surface area (Å²) in [4.78, 5) is 29.3. The molecule has 7 rings (SSSR count). The maximum Gasteiger partial charge on any atom is 0.573 e. The molecule has 10 nitrogen and oxygen atoms in total. The van der Waals surface area contributed by atoms with E-state index in [1.54, 1.807) is 36.0 Å². The highest BCUT2D eigenvalue weighted by Crippen LogP contribution is 2.52. The number of aryl methyl sites for hydroxylation is 1. The largest absolute Gasteiger partial charge is 0.573 e. The smallest absolute Gasteiger partial charge is 0.406 e. The number of halogens is 3. The lowest BCUT2D eigenvalue weighted by molar-refractivity contribution is -0.274. The van der Waals surface area contributed by atoms with Crippen LogP contribution in [0.25, 0.3) is 0 Å². The van der Waals surface area contributed by atoms with Crippen molar-refractivity contribution in [3.63, 3.8) is 0 Å². The number of para-hydroxylation sites is 1. The minimum absolute atomic E-state index is 0.143. The number of benzene rings is 2. The Morgan fingerprint density at radius 3 is 2.48 bits per heavy atom. The summed E-state index contributed by atoms with van der Waals surface area (Å²) in [5.41, 5.74) is 6.41. The first-order valence-corrected chi connectivity index (χ1v) is 18.4.